The van der Waals surface area contributed by atoms with Crippen LogP contribution >= 0.6 is 0 Å². The van der Waals surface area contributed by atoms with Crippen molar-refractivity contribution in [2.75, 3.05) is 29.1 Å². The van der Waals surface area contributed by atoms with Gasteiger partial charge in [-0.3, -0.25) is 9.59 Å². The zero-order valence-electron chi connectivity index (χ0n) is 18.9. The molecule has 0 aromatic heterocycles. The van der Waals surface area contributed by atoms with Gasteiger partial charge in [0.25, 0.3) is 0 Å². The van der Waals surface area contributed by atoms with Crippen molar-refractivity contribution in [1.29, 1.82) is 0 Å². The molecule has 0 aliphatic heterocycles. The highest BCUT2D eigenvalue weighted by molar-refractivity contribution is 5.94. The number of aryl methyl sites for hydroxylation is 1. The number of ether oxygens (including phenoxy) is 1. The first kappa shape index (κ1) is 24.3. The van der Waals surface area contributed by atoms with Crippen molar-refractivity contribution in [3.8, 4) is 5.75 Å². The fraction of sp³-hybridized carbons (Fsp3) is 0.440. The van der Waals surface area contributed by atoms with Gasteiger partial charge in [0, 0.05) is 23.5 Å². The molecule has 0 aliphatic rings. The molecule has 6 heteroatoms. The summed E-state index contributed by atoms with van der Waals surface area (Å²) in [6.45, 7) is 6.79. The highest BCUT2D eigenvalue weighted by atomic mass is 16.5. The molecule has 6 nitrogen and oxygen atoms in total. The fourth-order valence-electron chi connectivity index (χ4n) is 3.02. The Balaban J connectivity index is 1.76. The Kier molecular flexibility index (Phi) is 10.4. The SMILES string of the molecule is CCCCCCCOc1ccc(NC(=O)CNc2ccc(C)c(NC(=O)CC)c2)cc1. The molecular weight excluding hydrogens is 390 g/mol. The van der Waals surface area contributed by atoms with Crippen molar-refractivity contribution in [3.05, 3.63) is 48.0 Å². The minimum absolute atomic E-state index is 0.0399. The van der Waals surface area contributed by atoms with Gasteiger partial charge in [0.15, 0.2) is 0 Å². The molecule has 2 aromatic rings. The Hall–Kier alpha value is -3.02. The normalized spacial score (nSPS) is 10.4. The molecule has 0 radical (unpaired) electrons. The predicted octanol–water partition coefficient (Wildman–Crippen LogP) is 5.74. The molecule has 2 rings (SSSR count). The predicted molar refractivity (Wildman–Crippen MR) is 128 cm³/mol. The van der Waals surface area contributed by atoms with Crippen molar-refractivity contribution in [2.45, 2.75) is 59.3 Å². The molecule has 0 atom stereocenters. The lowest BCUT2D eigenvalue weighted by Gasteiger charge is -2.12. The first-order chi connectivity index (χ1) is 15.0. The van der Waals surface area contributed by atoms with Gasteiger partial charge in [-0.05, 0) is 55.3 Å². The third-order valence-electron chi connectivity index (χ3n) is 4.94. The zero-order valence-corrected chi connectivity index (χ0v) is 18.9. The van der Waals surface area contributed by atoms with Crippen LogP contribution in [0.3, 0.4) is 0 Å². The molecule has 0 heterocycles. The Bertz CT molecular complexity index is 834. The van der Waals surface area contributed by atoms with Crippen LogP contribution < -0.4 is 20.7 Å². The quantitative estimate of drug-likeness (QED) is 0.357. The maximum atomic E-state index is 12.3. The molecule has 0 saturated heterocycles. The molecule has 31 heavy (non-hydrogen) atoms. The van der Waals surface area contributed by atoms with Gasteiger partial charge < -0.3 is 20.7 Å². The van der Waals surface area contributed by atoms with E-state index >= 15 is 0 Å². The van der Waals surface area contributed by atoms with Crippen LogP contribution in [-0.4, -0.2) is 25.0 Å². The second-order valence-electron chi connectivity index (χ2n) is 7.62. The van der Waals surface area contributed by atoms with Crippen LogP contribution in [0.1, 0.15) is 57.9 Å². The minimum Gasteiger partial charge on any atom is -0.494 e. The van der Waals surface area contributed by atoms with Crippen LogP contribution in [0, 0.1) is 6.92 Å². The Morgan fingerprint density at radius 1 is 0.839 bits per heavy atom. The number of amides is 2. The van der Waals surface area contributed by atoms with Crippen LogP contribution in [0.2, 0.25) is 0 Å². The van der Waals surface area contributed by atoms with Gasteiger partial charge in [-0.1, -0.05) is 45.6 Å². The van der Waals surface area contributed by atoms with E-state index in [0.29, 0.717) is 6.42 Å². The fourth-order valence-corrected chi connectivity index (χ4v) is 3.02. The van der Waals surface area contributed by atoms with Gasteiger partial charge in [-0.25, -0.2) is 0 Å². The Labute approximate surface area is 185 Å². The number of carbonyl (C=O) groups excluding carboxylic acids is 2. The summed E-state index contributed by atoms with van der Waals surface area (Å²) in [7, 11) is 0. The lowest BCUT2D eigenvalue weighted by atomic mass is 10.1. The monoisotopic (exact) mass is 425 g/mol. The van der Waals surface area contributed by atoms with Gasteiger partial charge in [-0.2, -0.15) is 0 Å². The van der Waals surface area contributed by atoms with E-state index in [1.54, 1.807) is 0 Å². The molecule has 0 unspecified atom stereocenters. The number of hydrogen-bond donors (Lipinski definition) is 3. The van der Waals surface area contributed by atoms with Crippen molar-refractivity contribution in [3.63, 3.8) is 0 Å². The first-order valence-corrected chi connectivity index (χ1v) is 11.2. The topological polar surface area (TPSA) is 79.5 Å². The van der Waals surface area contributed by atoms with Gasteiger partial charge in [-0.15, -0.1) is 0 Å². The molecule has 0 bridgehead atoms. The van der Waals surface area contributed by atoms with E-state index in [1.807, 2.05) is 56.3 Å². The molecule has 2 amide bonds. The van der Waals surface area contributed by atoms with Crippen molar-refractivity contribution < 1.29 is 14.3 Å². The van der Waals surface area contributed by atoms with Gasteiger partial charge in [0.2, 0.25) is 11.8 Å². The molecule has 168 valence electrons. The average molecular weight is 426 g/mol. The van der Waals surface area contributed by atoms with E-state index in [4.69, 9.17) is 4.74 Å². The molecule has 0 saturated carbocycles. The summed E-state index contributed by atoms with van der Waals surface area (Å²) in [5.41, 5.74) is 3.22. The molecule has 2 aromatic carbocycles. The van der Waals surface area contributed by atoms with E-state index in [1.165, 1.54) is 25.7 Å². The van der Waals surface area contributed by atoms with Crippen LogP contribution in [0.5, 0.6) is 5.75 Å². The number of hydrogen-bond acceptors (Lipinski definition) is 4. The Morgan fingerprint density at radius 3 is 2.26 bits per heavy atom. The second-order valence-corrected chi connectivity index (χ2v) is 7.62. The van der Waals surface area contributed by atoms with Crippen LogP contribution in [-0.2, 0) is 9.59 Å². The molecule has 0 spiro atoms. The number of unbranched alkanes of at least 4 members (excludes halogenated alkanes) is 4. The number of nitrogens with one attached hydrogen (secondary N) is 3. The lowest BCUT2D eigenvalue weighted by molar-refractivity contribution is -0.116. The van der Waals surface area contributed by atoms with Crippen LogP contribution in [0.25, 0.3) is 0 Å². The summed E-state index contributed by atoms with van der Waals surface area (Å²) in [5.74, 6) is 0.624. The standard InChI is InChI=1S/C25H35N3O3/c1-4-6-7-8-9-16-31-22-14-12-20(13-15-22)27-25(30)18-26-21-11-10-19(3)23(17-21)28-24(29)5-2/h10-15,17,26H,4-9,16,18H2,1-3H3,(H,27,30)(H,28,29). The summed E-state index contributed by atoms with van der Waals surface area (Å²) in [4.78, 5) is 23.9. The van der Waals surface area contributed by atoms with E-state index < -0.39 is 0 Å². The number of rotatable bonds is 13. The summed E-state index contributed by atoms with van der Waals surface area (Å²) in [6.07, 6.45) is 6.46. The third kappa shape index (κ3) is 9.11. The molecular formula is C25H35N3O3. The largest absolute Gasteiger partial charge is 0.494 e. The van der Waals surface area contributed by atoms with Crippen molar-refractivity contribution in [2.24, 2.45) is 0 Å². The maximum Gasteiger partial charge on any atom is 0.243 e. The van der Waals surface area contributed by atoms with Crippen LogP contribution in [0.4, 0.5) is 17.1 Å². The van der Waals surface area contributed by atoms with E-state index in [2.05, 4.69) is 22.9 Å². The number of anilines is 3. The first-order valence-electron chi connectivity index (χ1n) is 11.2. The van der Waals surface area contributed by atoms with Gasteiger partial charge >= 0.3 is 0 Å². The van der Waals surface area contributed by atoms with Crippen molar-refractivity contribution >= 4 is 28.9 Å². The summed E-state index contributed by atoms with van der Waals surface area (Å²) in [5, 5.41) is 8.83. The average Bonchev–Trinajstić information content (AvgIpc) is 2.77. The molecule has 3 N–H and O–H groups in total. The number of benzene rings is 2. The Morgan fingerprint density at radius 2 is 1.55 bits per heavy atom. The zero-order chi connectivity index (χ0) is 22.5. The number of carbonyl (C=O) groups is 2. The highest BCUT2D eigenvalue weighted by Gasteiger charge is 2.06. The van der Waals surface area contributed by atoms with Gasteiger partial charge in [0.1, 0.15) is 5.75 Å². The van der Waals surface area contributed by atoms with Crippen molar-refractivity contribution in [1.82, 2.24) is 0 Å². The second kappa shape index (κ2) is 13.3. The third-order valence-corrected chi connectivity index (χ3v) is 4.94. The summed E-state index contributed by atoms with van der Waals surface area (Å²) in [6, 6.07) is 13.1. The molecule has 0 aliphatic carbocycles. The van der Waals surface area contributed by atoms with E-state index in [0.717, 1.165) is 41.4 Å². The molecule has 0 fully saturated rings. The summed E-state index contributed by atoms with van der Waals surface area (Å²) >= 11 is 0. The van der Waals surface area contributed by atoms with E-state index in [9.17, 15) is 9.59 Å². The van der Waals surface area contributed by atoms with E-state index in [-0.39, 0.29) is 18.4 Å². The van der Waals surface area contributed by atoms with Gasteiger partial charge in [0.05, 0.1) is 13.2 Å². The smallest absolute Gasteiger partial charge is 0.243 e. The lowest BCUT2D eigenvalue weighted by Crippen LogP contribution is -2.21. The highest BCUT2D eigenvalue weighted by Crippen LogP contribution is 2.21. The summed E-state index contributed by atoms with van der Waals surface area (Å²) < 4.78 is 5.75. The van der Waals surface area contributed by atoms with Crippen LogP contribution in [0.15, 0.2) is 42.5 Å². The maximum absolute atomic E-state index is 12.3. The minimum atomic E-state index is -0.149.